The number of nitrogens with zero attached hydrogens (tertiary/aromatic N) is 1. The van der Waals surface area contributed by atoms with Crippen LogP contribution in [0.15, 0.2) is 67.9 Å². The molecule has 0 unspecified atom stereocenters. The van der Waals surface area contributed by atoms with Gasteiger partial charge in [-0.15, -0.1) is 0 Å². The van der Waals surface area contributed by atoms with Gasteiger partial charge in [-0.1, -0.05) is 43.2 Å². The first-order valence-electron chi connectivity index (χ1n) is 7.25. The highest BCUT2D eigenvalue weighted by Crippen LogP contribution is 2.18. The van der Waals surface area contributed by atoms with Crippen LogP contribution >= 0.6 is 0 Å². The Morgan fingerprint density at radius 3 is 2.57 bits per heavy atom. The molecule has 0 amide bonds. The topological polar surface area (TPSA) is 22.1 Å². The van der Waals surface area contributed by atoms with Crippen molar-refractivity contribution in [3.63, 3.8) is 0 Å². The molecule has 1 aromatic carbocycles. The van der Waals surface area contributed by atoms with E-state index in [-0.39, 0.29) is 0 Å². The van der Waals surface area contributed by atoms with E-state index in [1.165, 1.54) is 0 Å². The number of allylic oxidation sites excluding steroid dienone is 4. The van der Waals surface area contributed by atoms with Crippen molar-refractivity contribution in [2.45, 2.75) is 6.92 Å². The Labute approximate surface area is 137 Å². The van der Waals surface area contributed by atoms with Gasteiger partial charge in [-0.3, -0.25) is 4.98 Å². The quantitative estimate of drug-likeness (QED) is 0.610. The second-order valence-corrected chi connectivity index (χ2v) is 4.98. The Bertz CT molecular complexity index is 819. The van der Waals surface area contributed by atoms with Gasteiger partial charge < -0.3 is 4.74 Å². The molecular weight excluding hydrogens is 282 g/mol. The van der Waals surface area contributed by atoms with Gasteiger partial charge in [0, 0.05) is 17.3 Å². The monoisotopic (exact) mass is 301 g/mol. The predicted octanol–water partition coefficient (Wildman–Crippen LogP) is 4.55. The van der Waals surface area contributed by atoms with Crippen LogP contribution in [0.2, 0.25) is 0 Å². The zero-order chi connectivity index (χ0) is 16.7. The van der Waals surface area contributed by atoms with Gasteiger partial charge in [0.2, 0.25) is 0 Å². The number of ether oxygens (including phenoxy) is 1. The van der Waals surface area contributed by atoms with Gasteiger partial charge in [-0.05, 0) is 48.4 Å². The van der Waals surface area contributed by atoms with Crippen LogP contribution in [-0.2, 0) is 0 Å². The van der Waals surface area contributed by atoms with E-state index >= 15 is 0 Å². The number of pyridine rings is 1. The van der Waals surface area contributed by atoms with Gasteiger partial charge in [0.25, 0.3) is 0 Å². The van der Waals surface area contributed by atoms with Crippen molar-refractivity contribution < 1.29 is 4.74 Å². The molecule has 114 valence electrons. The fourth-order valence-electron chi connectivity index (χ4n) is 2.05. The highest BCUT2D eigenvalue weighted by Gasteiger charge is 1.99. The number of methoxy groups -OCH3 is 1. The van der Waals surface area contributed by atoms with Crippen LogP contribution in [0.5, 0.6) is 5.75 Å². The summed E-state index contributed by atoms with van der Waals surface area (Å²) < 4.78 is 5.26. The third kappa shape index (κ3) is 4.46. The molecule has 2 nitrogen and oxygen atoms in total. The van der Waals surface area contributed by atoms with Crippen molar-refractivity contribution in [1.29, 1.82) is 0 Å². The van der Waals surface area contributed by atoms with Crippen molar-refractivity contribution in [2.24, 2.45) is 0 Å². The van der Waals surface area contributed by atoms with E-state index in [4.69, 9.17) is 4.74 Å². The summed E-state index contributed by atoms with van der Waals surface area (Å²) in [6.07, 6.45) is 7.16. The van der Waals surface area contributed by atoms with Crippen LogP contribution in [0.1, 0.15) is 22.4 Å². The highest BCUT2D eigenvalue weighted by molar-refractivity contribution is 5.70. The molecule has 0 N–H and O–H groups in total. The summed E-state index contributed by atoms with van der Waals surface area (Å²) >= 11 is 0. The molecular formula is C21H19NO. The molecule has 0 radical (unpaired) electrons. The van der Waals surface area contributed by atoms with Gasteiger partial charge in [0.1, 0.15) is 5.75 Å². The van der Waals surface area contributed by atoms with Gasteiger partial charge in [0.05, 0.1) is 12.8 Å². The number of benzene rings is 1. The normalized spacial score (nSPS) is 10.0. The molecule has 2 heteroatoms. The van der Waals surface area contributed by atoms with Gasteiger partial charge in [0.15, 0.2) is 0 Å². The standard InChI is InChI=1S/C21H19NO/c1-5-6-7-16(2)20-15-19(12-13-22-20)9-8-18-10-11-21(23-4)17(3)14-18/h5-7,10-15H,1-2H2,3-4H3/b7-6-. The van der Waals surface area contributed by atoms with E-state index in [9.17, 15) is 0 Å². The smallest absolute Gasteiger partial charge is 0.121 e. The summed E-state index contributed by atoms with van der Waals surface area (Å²) in [5, 5.41) is 0. The Morgan fingerprint density at radius 1 is 1.17 bits per heavy atom. The van der Waals surface area contributed by atoms with E-state index in [0.717, 1.165) is 33.7 Å². The molecule has 2 aromatic rings. The van der Waals surface area contributed by atoms with Gasteiger partial charge in [-0.25, -0.2) is 0 Å². The summed E-state index contributed by atoms with van der Waals surface area (Å²) in [5.74, 6) is 7.19. The Hall–Kier alpha value is -3.05. The third-order valence-electron chi connectivity index (χ3n) is 3.27. The minimum Gasteiger partial charge on any atom is -0.496 e. The maximum Gasteiger partial charge on any atom is 0.121 e. The highest BCUT2D eigenvalue weighted by atomic mass is 16.5. The maximum atomic E-state index is 5.26. The SMILES string of the molecule is C=C/C=C\C(=C)c1cc(C#Cc2ccc(OC)c(C)c2)ccn1. The van der Waals surface area contributed by atoms with Crippen molar-refractivity contribution in [3.05, 3.63) is 90.3 Å². The minimum atomic E-state index is 0.806. The summed E-state index contributed by atoms with van der Waals surface area (Å²) in [6, 6.07) is 9.71. The van der Waals surface area contributed by atoms with E-state index in [2.05, 4.69) is 30.0 Å². The van der Waals surface area contributed by atoms with Crippen molar-refractivity contribution in [3.8, 4) is 17.6 Å². The van der Waals surface area contributed by atoms with E-state index in [0.29, 0.717) is 0 Å². The lowest BCUT2D eigenvalue weighted by Crippen LogP contribution is -1.88. The van der Waals surface area contributed by atoms with Crippen LogP contribution in [0.25, 0.3) is 5.57 Å². The van der Waals surface area contributed by atoms with Crippen molar-refractivity contribution in [1.82, 2.24) is 4.98 Å². The molecule has 0 aliphatic rings. The van der Waals surface area contributed by atoms with Crippen LogP contribution in [0.3, 0.4) is 0 Å². The first-order chi connectivity index (χ1) is 11.1. The zero-order valence-electron chi connectivity index (χ0n) is 13.5. The molecule has 1 heterocycles. The molecule has 0 saturated heterocycles. The number of aryl methyl sites for hydroxylation is 1. The molecule has 0 fully saturated rings. The number of rotatable bonds is 4. The largest absolute Gasteiger partial charge is 0.496 e. The van der Waals surface area contributed by atoms with Crippen molar-refractivity contribution in [2.75, 3.05) is 7.11 Å². The Balaban J connectivity index is 2.24. The molecule has 23 heavy (non-hydrogen) atoms. The summed E-state index contributed by atoms with van der Waals surface area (Å²) in [6.45, 7) is 9.64. The predicted molar refractivity (Wildman–Crippen MR) is 96.3 cm³/mol. The summed E-state index contributed by atoms with van der Waals surface area (Å²) in [4.78, 5) is 4.31. The van der Waals surface area contributed by atoms with Gasteiger partial charge in [-0.2, -0.15) is 0 Å². The summed E-state index contributed by atoms with van der Waals surface area (Å²) in [7, 11) is 1.67. The fraction of sp³-hybridized carbons (Fsp3) is 0.0952. The lowest BCUT2D eigenvalue weighted by Gasteiger charge is -2.03. The van der Waals surface area contributed by atoms with E-state index in [1.54, 1.807) is 19.4 Å². The second-order valence-electron chi connectivity index (χ2n) is 4.98. The molecule has 0 saturated carbocycles. The first-order valence-corrected chi connectivity index (χ1v) is 7.25. The van der Waals surface area contributed by atoms with Crippen LogP contribution in [0.4, 0.5) is 0 Å². The van der Waals surface area contributed by atoms with E-state index < -0.39 is 0 Å². The average Bonchev–Trinajstić information content (AvgIpc) is 2.58. The molecule has 0 atom stereocenters. The van der Waals surface area contributed by atoms with Crippen LogP contribution in [0, 0.1) is 18.8 Å². The molecule has 0 aliphatic carbocycles. The lowest BCUT2D eigenvalue weighted by atomic mass is 10.1. The van der Waals surface area contributed by atoms with Crippen molar-refractivity contribution >= 4 is 5.57 Å². The second kappa shape index (κ2) is 7.82. The minimum absolute atomic E-state index is 0.806. The van der Waals surface area contributed by atoms with Crippen LogP contribution in [-0.4, -0.2) is 12.1 Å². The molecule has 0 aliphatic heterocycles. The molecule has 1 aromatic heterocycles. The number of hydrogen-bond donors (Lipinski definition) is 0. The van der Waals surface area contributed by atoms with Crippen LogP contribution < -0.4 is 4.74 Å². The fourth-order valence-corrected chi connectivity index (χ4v) is 2.05. The third-order valence-corrected chi connectivity index (χ3v) is 3.27. The van der Waals surface area contributed by atoms with Gasteiger partial charge >= 0.3 is 0 Å². The average molecular weight is 301 g/mol. The number of hydrogen-bond acceptors (Lipinski definition) is 2. The summed E-state index contributed by atoms with van der Waals surface area (Å²) in [5.41, 5.74) is 4.55. The number of aromatic nitrogens is 1. The van der Waals surface area contributed by atoms with E-state index in [1.807, 2.05) is 49.4 Å². The molecule has 2 rings (SSSR count). The zero-order valence-corrected chi connectivity index (χ0v) is 13.5. The molecule has 0 bridgehead atoms. The first kappa shape index (κ1) is 16.3. The lowest BCUT2D eigenvalue weighted by molar-refractivity contribution is 0.411. The molecule has 0 spiro atoms. The Kier molecular flexibility index (Phi) is 5.55. The Morgan fingerprint density at radius 2 is 1.91 bits per heavy atom. The maximum absolute atomic E-state index is 5.26.